The van der Waals surface area contributed by atoms with Crippen LogP contribution in [0.15, 0.2) is 55.1 Å². The van der Waals surface area contributed by atoms with Gasteiger partial charge < -0.3 is 15.6 Å². The highest BCUT2D eigenvalue weighted by Gasteiger charge is 2.13. The quantitative estimate of drug-likeness (QED) is 0.479. The van der Waals surface area contributed by atoms with E-state index in [1.165, 1.54) is 11.3 Å². The van der Waals surface area contributed by atoms with Gasteiger partial charge in [-0.25, -0.2) is 14.4 Å². The Bertz CT molecular complexity index is 1230. The van der Waals surface area contributed by atoms with Crippen LogP contribution in [0.1, 0.15) is 27.2 Å². The van der Waals surface area contributed by atoms with E-state index in [-0.39, 0.29) is 5.91 Å². The van der Waals surface area contributed by atoms with E-state index in [0.29, 0.717) is 21.9 Å². The van der Waals surface area contributed by atoms with Crippen LogP contribution in [0, 0.1) is 13.8 Å². The van der Waals surface area contributed by atoms with Gasteiger partial charge in [-0.05, 0) is 60.9 Å². The lowest BCUT2D eigenvalue weighted by molar-refractivity contribution is 0.102. The molecule has 0 aliphatic carbocycles. The van der Waals surface area contributed by atoms with E-state index in [4.69, 9.17) is 5.73 Å². The number of nitrogens with zero attached hydrogens (tertiary/aromatic N) is 3. The third-order valence-corrected chi connectivity index (χ3v) is 5.55. The Morgan fingerprint density at radius 3 is 2.70 bits per heavy atom. The van der Waals surface area contributed by atoms with Gasteiger partial charge in [0.25, 0.3) is 5.91 Å². The molecule has 0 fully saturated rings. The summed E-state index contributed by atoms with van der Waals surface area (Å²) in [4.78, 5) is 22.1. The molecule has 2 aromatic carbocycles. The van der Waals surface area contributed by atoms with Crippen molar-refractivity contribution < 1.29 is 9.18 Å². The molecule has 4 aromatic rings. The molecule has 6 nitrogen and oxygen atoms in total. The summed E-state index contributed by atoms with van der Waals surface area (Å²) in [6.07, 6.45) is 5.20. The van der Waals surface area contributed by atoms with Gasteiger partial charge in [0.05, 0.1) is 16.9 Å². The highest BCUT2D eigenvalue weighted by Crippen LogP contribution is 2.31. The molecule has 2 heterocycles. The number of anilines is 2. The van der Waals surface area contributed by atoms with Crippen molar-refractivity contribution in [1.29, 1.82) is 0 Å². The highest BCUT2D eigenvalue weighted by atomic mass is 32.1. The van der Waals surface area contributed by atoms with Crippen molar-refractivity contribution in [2.45, 2.75) is 20.5 Å². The van der Waals surface area contributed by atoms with E-state index in [0.717, 1.165) is 27.4 Å². The Labute approximate surface area is 177 Å². The van der Waals surface area contributed by atoms with E-state index in [9.17, 15) is 9.18 Å². The zero-order valence-electron chi connectivity index (χ0n) is 16.5. The molecule has 1 amide bonds. The first-order valence-corrected chi connectivity index (χ1v) is 10.1. The lowest BCUT2D eigenvalue weighted by Crippen LogP contribution is -2.12. The van der Waals surface area contributed by atoms with Gasteiger partial charge in [0.1, 0.15) is 6.67 Å². The summed E-state index contributed by atoms with van der Waals surface area (Å²) in [7, 11) is 0. The Kier molecular flexibility index (Phi) is 5.33. The maximum Gasteiger partial charge on any atom is 0.255 e. The third kappa shape index (κ3) is 4.08. The number of benzene rings is 2. The van der Waals surface area contributed by atoms with E-state index < -0.39 is 6.67 Å². The molecule has 8 heteroatoms. The molecule has 0 atom stereocenters. The number of imidazole rings is 1. The molecule has 152 valence electrons. The number of rotatable bonds is 5. The van der Waals surface area contributed by atoms with Gasteiger partial charge in [0.2, 0.25) is 0 Å². The van der Waals surface area contributed by atoms with Crippen molar-refractivity contribution in [2.24, 2.45) is 0 Å². The summed E-state index contributed by atoms with van der Waals surface area (Å²) in [5.41, 5.74) is 10.7. The number of amides is 1. The SMILES string of the molecule is Cc1cn(-c2cc(CF)cc(NC(=O)c3ccc(C)c(-c4cnc(N)s4)c3)c2)cn1. The van der Waals surface area contributed by atoms with Gasteiger partial charge in [-0.1, -0.05) is 17.4 Å². The minimum Gasteiger partial charge on any atom is -0.375 e. The van der Waals surface area contributed by atoms with Crippen LogP contribution in [-0.2, 0) is 6.67 Å². The molecule has 30 heavy (non-hydrogen) atoms. The first-order valence-electron chi connectivity index (χ1n) is 9.27. The maximum absolute atomic E-state index is 13.4. The molecule has 0 saturated heterocycles. The summed E-state index contributed by atoms with van der Waals surface area (Å²) in [5, 5.41) is 3.35. The number of halogens is 1. The van der Waals surface area contributed by atoms with Crippen molar-refractivity contribution in [3.8, 4) is 16.1 Å². The number of aryl methyl sites for hydroxylation is 2. The van der Waals surface area contributed by atoms with E-state index in [2.05, 4.69) is 15.3 Å². The van der Waals surface area contributed by atoms with Crippen LogP contribution in [0.2, 0.25) is 0 Å². The molecule has 0 spiro atoms. The number of carbonyl (C=O) groups excluding carboxylic acids is 1. The second-order valence-electron chi connectivity index (χ2n) is 6.99. The number of hydrogen-bond donors (Lipinski definition) is 2. The van der Waals surface area contributed by atoms with Crippen molar-refractivity contribution in [2.75, 3.05) is 11.1 Å². The first-order chi connectivity index (χ1) is 14.4. The fourth-order valence-electron chi connectivity index (χ4n) is 3.18. The molecule has 0 radical (unpaired) electrons. The summed E-state index contributed by atoms with van der Waals surface area (Å²) >= 11 is 1.37. The van der Waals surface area contributed by atoms with Crippen LogP contribution in [0.3, 0.4) is 0 Å². The first kappa shape index (κ1) is 19.8. The molecular formula is C22H20FN5OS. The van der Waals surface area contributed by atoms with E-state index >= 15 is 0 Å². The molecule has 0 bridgehead atoms. The number of hydrogen-bond acceptors (Lipinski definition) is 5. The molecule has 0 aliphatic rings. The highest BCUT2D eigenvalue weighted by molar-refractivity contribution is 7.18. The number of nitrogens with one attached hydrogen (secondary N) is 1. The summed E-state index contributed by atoms with van der Waals surface area (Å²) in [6, 6.07) is 10.6. The average Bonchev–Trinajstić information content (AvgIpc) is 3.36. The minimum atomic E-state index is -0.633. The average molecular weight is 422 g/mol. The van der Waals surface area contributed by atoms with Gasteiger partial charge in [0, 0.05) is 29.3 Å². The van der Waals surface area contributed by atoms with Crippen LogP contribution in [0.5, 0.6) is 0 Å². The standard InChI is InChI=1S/C22H20FN5OS/c1-13-3-4-16(7-19(13)20-10-25-22(24)30-20)21(29)27-17-5-15(9-23)6-18(8-17)28-11-14(2)26-12-28/h3-8,10-12H,9H2,1-2H3,(H2,24,25)(H,27,29). The predicted molar refractivity (Wildman–Crippen MR) is 118 cm³/mol. The predicted octanol–water partition coefficient (Wildman–Crippen LogP) is 4.92. The Morgan fingerprint density at radius 1 is 1.20 bits per heavy atom. The zero-order valence-corrected chi connectivity index (χ0v) is 17.3. The summed E-state index contributed by atoms with van der Waals surface area (Å²) in [5.74, 6) is -0.280. The second-order valence-corrected chi connectivity index (χ2v) is 8.05. The van der Waals surface area contributed by atoms with Crippen LogP contribution in [0.4, 0.5) is 15.2 Å². The largest absolute Gasteiger partial charge is 0.375 e. The van der Waals surface area contributed by atoms with Crippen LogP contribution >= 0.6 is 11.3 Å². The van der Waals surface area contributed by atoms with Crippen molar-refractivity contribution in [3.63, 3.8) is 0 Å². The molecule has 0 saturated carbocycles. The molecule has 2 aromatic heterocycles. The Hall–Kier alpha value is -3.52. The third-order valence-electron chi connectivity index (χ3n) is 4.69. The Morgan fingerprint density at radius 2 is 2.03 bits per heavy atom. The molecular weight excluding hydrogens is 401 g/mol. The number of alkyl halides is 1. The second kappa shape index (κ2) is 8.08. The fraction of sp³-hybridized carbons (Fsp3) is 0.136. The molecule has 4 rings (SSSR count). The fourth-order valence-corrected chi connectivity index (χ4v) is 3.94. The molecule has 0 unspecified atom stereocenters. The van der Waals surface area contributed by atoms with Gasteiger partial charge in [0.15, 0.2) is 5.13 Å². The number of nitrogen functional groups attached to an aromatic ring is 1. The minimum absolute atomic E-state index is 0.280. The molecule has 3 N–H and O–H groups in total. The van der Waals surface area contributed by atoms with Crippen molar-refractivity contribution >= 4 is 28.1 Å². The smallest absolute Gasteiger partial charge is 0.255 e. The van der Waals surface area contributed by atoms with Crippen molar-refractivity contribution in [1.82, 2.24) is 14.5 Å². The van der Waals surface area contributed by atoms with Gasteiger partial charge >= 0.3 is 0 Å². The number of nitrogens with two attached hydrogens (primary N) is 1. The lowest BCUT2D eigenvalue weighted by atomic mass is 10.0. The zero-order chi connectivity index (χ0) is 21.3. The normalized spacial score (nSPS) is 10.9. The van der Waals surface area contributed by atoms with Crippen LogP contribution < -0.4 is 11.1 Å². The number of thiazole rings is 1. The number of carbonyl (C=O) groups is 1. The van der Waals surface area contributed by atoms with E-state index in [1.807, 2.05) is 32.2 Å². The summed E-state index contributed by atoms with van der Waals surface area (Å²) in [6.45, 7) is 3.22. The summed E-state index contributed by atoms with van der Waals surface area (Å²) < 4.78 is 15.2. The van der Waals surface area contributed by atoms with E-state index in [1.54, 1.807) is 41.4 Å². The van der Waals surface area contributed by atoms with Gasteiger partial charge in [-0.3, -0.25) is 4.79 Å². The van der Waals surface area contributed by atoms with Crippen LogP contribution in [0.25, 0.3) is 16.1 Å². The lowest BCUT2D eigenvalue weighted by Gasteiger charge is -2.12. The Balaban J connectivity index is 1.64. The van der Waals surface area contributed by atoms with Gasteiger partial charge in [-0.15, -0.1) is 0 Å². The maximum atomic E-state index is 13.4. The monoisotopic (exact) mass is 421 g/mol. The van der Waals surface area contributed by atoms with Crippen LogP contribution in [-0.4, -0.2) is 20.4 Å². The number of aromatic nitrogens is 3. The topological polar surface area (TPSA) is 85.8 Å². The van der Waals surface area contributed by atoms with Gasteiger partial charge in [-0.2, -0.15) is 0 Å². The van der Waals surface area contributed by atoms with Crippen molar-refractivity contribution in [3.05, 3.63) is 77.5 Å². The molecule has 0 aliphatic heterocycles.